The normalized spacial score (nSPS) is 10.9. The Kier molecular flexibility index (Phi) is 6.38. The molecule has 0 saturated carbocycles. The van der Waals surface area contributed by atoms with Crippen molar-refractivity contribution in [3.05, 3.63) is 52.9 Å². The standard InChI is InChI=1S/C20H21ClN2O5/c1-25-9-8-23(12-19-22-16-10-13(21)4-7-17(16)28-19)20(24)15-6-5-14(26-2)11-18(15)27-3/h4-7,10-11H,8-9,12H2,1-3H3. The van der Waals surface area contributed by atoms with Crippen LogP contribution in [-0.2, 0) is 11.3 Å². The number of rotatable bonds is 8. The van der Waals surface area contributed by atoms with E-state index in [1.807, 2.05) is 0 Å². The number of amides is 1. The molecule has 0 unspecified atom stereocenters. The van der Waals surface area contributed by atoms with Crippen molar-refractivity contribution in [3.63, 3.8) is 0 Å². The van der Waals surface area contributed by atoms with Crippen LogP contribution in [0, 0.1) is 0 Å². The summed E-state index contributed by atoms with van der Waals surface area (Å²) < 4.78 is 21.5. The van der Waals surface area contributed by atoms with Gasteiger partial charge in [-0.1, -0.05) is 11.6 Å². The molecule has 0 atom stereocenters. The third-order valence-corrected chi connectivity index (χ3v) is 4.45. The second-order valence-electron chi connectivity index (χ2n) is 6.01. The number of fused-ring (bicyclic) bond motifs is 1. The summed E-state index contributed by atoms with van der Waals surface area (Å²) in [6, 6.07) is 10.3. The molecule has 0 aliphatic heterocycles. The van der Waals surface area contributed by atoms with Gasteiger partial charge in [0.2, 0.25) is 5.89 Å². The number of hydrogen-bond donors (Lipinski definition) is 0. The van der Waals surface area contributed by atoms with Crippen molar-refractivity contribution >= 4 is 28.6 Å². The number of aromatic nitrogens is 1. The van der Waals surface area contributed by atoms with E-state index in [4.69, 9.17) is 30.2 Å². The molecule has 0 fully saturated rings. The van der Waals surface area contributed by atoms with Crippen LogP contribution in [0.1, 0.15) is 16.2 Å². The van der Waals surface area contributed by atoms with E-state index in [0.717, 1.165) is 0 Å². The lowest BCUT2D eigenvalue weighted by Gasteiger charge is -2.22. The van der Waals surface area contributed by atoms with Gasteiger partial charge in [0.15, 0.2) is 5.58 Å². The average molecular weight is 405 g/mol. The van der Waals surface area contributed by atoms with Crippen molar-refractivity contribution in [3.8, 4) is 11.5 Å². The fourth-order valence-electron chi connectivity index (χ4n) is 2.78. The maximum absolute atomic E-state index is 13.2. The monoisotopic (exact) mass is 404 g/mol. The zero-order valence-electron chi connectivity index (χ0n) is 15.9. The molecule has 3 aromatic rings. The number of benzene rings is 2. The quantitative estimate of drug-likeness (QED) is 0.568. The summed E-state index contributed by atoms with van der Waals surface area (Å²) in [5.41, 5.74) is 1.67. The van der Waals surface area contributed by atoms with Crippen LogP contribution in [0.3, 0.4) is 0 Å². The number of oxazole rings is 1. The third kappa shape index (κ3) is 4.37. The number of ether oxygens (including phenoxy) is 3. The van der Waals surface area contributed by atoms with Gasteiger partial charge >= 0.3 is 0 Å². The number of carbonyl (C=O) groups is 1. The highest BCUT2D eigenvalue weighted by atomic mass is 35.5. The first-order valence-corrected chi connectivity index (χ1v) is 8.98. The van der Waals surface area contributed by atoms with Gasteiger partial charge in [-0.05, 0) is 30.3 Å². The van der Waals surface area contributed by atoms with E-state index >= 15 is 0 Å². The van der Waals surface area contributed by atoms with Crippen LogP contribution >= 0.6 is 11.6 Å². The maximum atomic E-state index is 13.2. The third-order valence-electron chi connectivity index (χ3n) is 4.21. The van der Waals surface area contributed by atoms with Crippen LogP contribution in [0.25, 0.3) is 11.1 Å². The lowest BCUT2D eigenvalue weighted by molar-refractivity contribution is 0.0660. The van der Waals surface area contributed by atoms with Gasteiger partial charge in [-0.2, -0.15) is 0 Å². The van der Waals surface area contributed by atoms with E-state index in [1.54, 1.807) is 55.5 Å². The van der Waals surface area contributed by atoms with Crippen LogP contribution in [0.15, 0.2) is 40.8 Å². The Hall–Kier alpha value is -2.77. The number of halogens is 1. The molecule has 3 rings (SSSR count). The lowest BCUT2D eigenvalue weighted by atomic mass is 10.1. The molecule has 0 saturated heterocycles. The Bertz CT molecular complexity index is 972. The van der Waals surface area contributed by atoms with Gasteiger partial charge in [-0.15, -0.1) is 0 Å². The van der Waals surface area contributed by atoms with Gasteiger partial charge in [0, 0.05) is 24.7 Å². The molecular weight excluding hydrogens is 384 g/mol. The molecule has 0 radical (unpaired) electrons. The minimum Gasteiger partial charge on any atom is -0.497 e. The average Bonchev–Trinajstić information content (AvgIpc) is 3.11. The Morgan fingerprint density at radius 3 is 2.68 bits per heavy atom. The van der Waals surface area contributed by atoms with Gasteiger partial charge in [0.25, 0.3) is 5.91 Å². The fourth-order valence-corrected chi connectivity index (χ4v) is 2.94. The summed E-state index contributed by atoms with van der Waals surface area (Å²) >= 11 is 6.00. The summed E-state index contributed by atoms with van der Waals surface area (Å²) in [6.45, 7) is 0.921. The van der Waals surface area contributed by atoms with Gasteiger partial charge in [0.1, 0.15) is 17.0 Å². The van der Waals surface area contributed by atoms with Crippen LogP contribution in [-0.4, -0.2) is 50.3 Å². The van der Waals surface area contributed by atoms with Crippen LogP contribution in [0.5, 0.6) is 11.5 Å². The summed E-state index contributed by atoms with van der Waals surface area (Å²) in [4.78, 5) is 19.2. The minimum atomic E-state index is -0.225. The summed E-state index contributed by atoms with van der Waals surface area (Å²) in [7, 11) is 4.65. The predicted octanol–water partition coefficient (Wildman–Crippen LogP) is 3.79. The molecular formula is C20H21ClN2O5. The Labute approximate surface area is 167 Å². The predicted molar refractivity (Wildman–Crippen MR) is 105 cm³/mol. The van der Waals surface area contributed by atoms with Crippen molar-refractivity contribution in [2.45, 2.75) is 6.54 Å². The second kappa shape index (κ2) is 8.95. The van der Waals surface area contributed by atoms with E-state index in [9.17, 15) is 4.79 Å². The van der Waals surface area contributed by atoms with Crippen molar-refractivity contribution in [2.24, 2.45) is 0 Å². The molecule has 0 spiro atoms. The molecule has 28 heavy (non-hydrogen) atoms. The largest absolute Gasteiger partial charge is 0.497 e. The summed E-state index contributed by atoms with van der Waals surface area (Å²) in [6.07, 6.45) is 0. The van der Waals surface area contributed by atoms with Crippen LogP contribution < -0.4 is 9.47 Å². The van der Waals surface area contributed by atoms with Crippen molar-refractivity contribution in [2.75, 3.05) is 34.5 Å². The second-order valence-corrected chi connectivity index (χ2v) is 6.44. The van der Waals surface area contributed by atoms with Crippen molar-refractivity contribution in [1.82, 2.24) is 9.88 Å². The Morgan fingerprint density at radius 2 is 1.96 bits per heavy atom. The first-order chi connectivity index (χ1) is 13.5. The molecule has 8 heteroatoms. The Balaban J connectivity index is 1.89. The first kappa shape index (κ1) is 20.0. The van der Waals surface area contributed by atoms with E-state index in [-0.39, 0.29) is 12.5 Å². The number of hydrogen-bond acceptors (Lipinski definition) is 6. The molecule has 1 aromatic heterocycles. The van der Waals surface area contributed by atoms with E-state index < -0.39 is 0 Å². The highest BCUT2D eigenvalue weighted by Gasteiger charge is 2.22. The molecule has 1 heterocycles. The minimum absolute atomic E-state index is 0.184. The Morgan fingerprint density at radius 1 is 1.14 bits per heavy atom. The van der Waals surface area contributed by atoms with Crippen molar-refractivity contribution < 1.29 is 23.4 Å². The highest BCUT2D eigenvalue weighted by molar-refractivity contribution is 6.31. The summed E-state index contributed by atoms with van der Waals surface area (Å²) in [5.74, 6) is 1.22. The molecule has 0 N–H and O–H groups in total. The zero-order chi connectivity index (χ0) is 20.1. The van der Waals surface area contributed by atoms with Gasteiger partial charge in [-0.3, -0.25) is 4.79 Å². The van der Waals surface area contributed by atoms with E-state index in [1.165, 1.54) is 7.11 Å². The molecule has 7 nitrogen and oxygen atoms in total. The van der Waals surface area contributed by atoms with Gasteiger partial charge < -0.3 is 23.5 Å². The fraction of sp³-hybridized carbons (Fsp3) is 0.300. The molecule has 0 bridgehead atoms. The van der Waals surface area contributed by atoms with Crippen molar-refractivity contribution in [1.29, 1.82) is 0 Å². The number of carbonyl (C=O) groups excluding carboxylic acids is 1. The zero-order valence-corrected chi connectivity index (χ0v) is 16.7. The smallest absolute Gasteiger partial charge is 0.258 e. The molecule has 1 amide bonds. The molecule has 0 aliphatic carbocycles. The van der Waals surface area contributed by atoms with E-state index in [0.29, 0.717) is 52.2 Å². The summed E-state index contributed by atoms with van der Waals surface area (Å²) in [5, 5.41) is 0.572. The molecule has 2 aromatic carbocycles. The SMILES string of the molecule is COCCN(Cc1nc2cc(Cl)ccc2o1)C(=O)c1ccc(OC)cc1OC. The lowest BCUT2D eigenvalue weighted by Crippen LogP contribution is -2.33. The molecule has 148 valence electrons. The first-order valence-electron chi connectivity index (χ1n) is 8.61. The number of methoxy groups -OCH3 is 3. The maximum Gasteiger partial charge on any atom is 0.258 e. The molecule has 0 aliphatic rings. The highest BCUT2D eigenvalue weighted by Crippen LogP contribution is 2.27. The number of nitrogens with zero attached hydrogens (tertiary/aromatic N) is 2. The topological polar surface area (TPSA) is 74.0 Å². The van der Waals surface area contributed by atoms with Crippen LogP contribution in [0.4, 0.5) is 0 Å². The van der Waals surface area contributed by atoms with Crippen LogP contribution in [0.2, 0.25) is 5.02 Å². The van der Waals surface area contributed by atoms with Gasteiger partial charge in [-0.25, -0.2) is 4.98 Å². The van der Waals surface area contributed by atoms with Gasteiger partial charge in [0.05, 0.1) is 32.9 Å². The van der Waals surface area contributed by atoms with E-state index in [2.05, 4.69) is 4.98 Å².